The molecule has 0 radical (unpaired) electrons. The fraction of sp³-hybridized carbons (Fsp3) is 0.494. The molecule has 572 valence electrons. The summed E-state index contributed by atoms with van der Waals surface area (Å²) in [6.07, 6.45) is 5.23. The molecule has 0 aliphatic carbocycles. The molecule has 5 atom stereocenters. The van der Waals surface area contributed by atoms with Gasteiger partial charge in [0.2, 0.25) is 29.5 Å². The lowest BCUT2D eigenvalue weighted by molar-refractivity contribution is -0.137. The molecule has 0 saturated heterocycles. The first-order valence-electron chi connectivity index (χ1n) is 35.8. The van der Waals surface area contributed by atoms with Crippen LogP contribution in [0.15, 0.2) is 102 Å². The van der Waals surface area contributed by atoms with E-state index in [9.17, 15) is 38.4 Å². The van der Waals surface area contributed by atoms with Crippen LogP contribution in [-0.4, -0.2) is 227 Å². The number of ether oxygens (including phenoxy) is 12. The van der Waals surface area contributed by atoms with E-state index in [4.69, 9.17) is 79.2 Å². The Morgan fingerprint density at radius 1 is 0.623 bits per heavy atom. The molecule has 5 aromatic carbocycles. The summed E-state index contributed by atoms with van der Waals surface area (Å²) in [5.74, 6) is -2.89. The van der Waals surface area contributed by atoms with E-state index in [0.717, 1.165) is 39.0 Å². The molecule has 1 unspecified atom stereocenters. The minimum absolute atomic E-state index is 0.0737. The largest absolute Gasteiger partial charge is 0.495 e. The van der Waals surface area contributed by atoms with Crippen molar-refractivity contribution < 1.29 is 95.2 Å². The number of aliphatic imine (C=N–C) groups is 1. The van der Waals surface area contributed by atoms with Crippen LogP contribution in [0.4, 0.5) is 17.1 Å². The molecule has 28 nitrogen and oxygen atoms in total. The maximum atomic E-state index is 14.3. The number of fused-ring (bicyclic) bond motifs is 6. The second-order valence-corrected chi connectivity index (χ2v) is 26.2. The predicted molar refractivity (Wildman–Crippen MR) is 394 cm³/mol. The molecule has 0 fully saturated rings. The number of methoxy groups -OCH3 is 2. The molecule has 0 bridgehead atoms. The monoisotopic (exact) mass is 1490 g/mol. The standard InChI is InChI=1S/C77H97ClN8O20/c1-50(2)73(62(82-69(88)20-22-84-71(90)18-19-72(84)91)49-104-38-37-103-36-35-102-34-33-101-32-31-100-30-29-99-28-27-98-26-25-97-24-21-68(79)87)76(93)81-51(3)75(92)83-60-17-16-52(39-65(60)95-4)48-106-64-43-63-74(58-14-9-8-13-57(58)64)55(44-78)47-86(63)70(89)15-10-23-105-67-42-61-59(41-66(67)96-5)77(94)85-46-54-12-7-6-11-53(54)40-56(85)45-80-61/h6-9,11-14,16-19,39,41-43,45,50-51,55-56,62,73H,10,15,20-38,40,44,46-49H2,1-5H3,(H2,79,87)(H,81,93)(H,82,88)(H,83,92)/t51-,55+,56-,62?,73-/m0/s1. The van der Waals surface area contributed by atoms with Gasteiger partial charge in [0.05, 0.1) is 167 Å². The lowest BCUT2D eigenvalue weighted by Crippen LogP contribution is -2.54. The van der Waals surface area contributed by atoms with Crippen molar-refractivity contribution in [3.63, 3.8) is 0 Å². The second-order valence-electron chi connectivity index (χ2n) is 25.9. The molecule has 106 heavy (non-hydrogen) atoms. The fourth-order valence-corrected chi connectivity index (χ4v) is 13.0. The summed E-state index contributed by atoms with van der Waals surface area (Å²) in [6.45, 7) is 10.9. The van der Waals surface area contributed by atoms with E-state index in [2.05, 4.69) is 22.0 Å². The number of halogens is 1. The Morgan fingerprint density at radius 3 is 1.84 bits per heavy atom. The number of hydrogen-bond acceptors (Lipinski definition) is 21. The minimum Gasteiger partial charge on any atom is -0.495 e. The topological polar surface area (TPSA) is 332 Å². The highest BCUT2D eigenvalue weighted by molar-refractivity contribution is 6.19. The van der Waals surface area contributed by atoms with Crippen LogP contribution < -0.4 is 45.5 Å². The number of nitrogens with one attached hydrogen (secondary N) is 3. The Kier molecular flexibility index (Phi) is 31.9. The molecule has 8 amide bonds. The maximum absolute atomic E-state index is 14.3. The van der Waals surface area contributed by atoms with Crippen molar-refractivity contribution in [2.45, 2.75) is 90.1 Å². The van der Waals surface area contributed by atoms with Crippen LogP contribution >= 0.6 is 11.6 Å². The van der Waals surface area contributed by atoms with Gasteiger partial charge in [0, 0.05) is 86.6 Å². The number of rotatable bonds is 47. The van der Waals surface area contributed by atoms with Crippen LogP contribution in [0.2, 0.25) is 0 Å². The SMILES string of the molecule is COc1cc(COc2cc3c(c4ccccc24)[C@H](CCl)CN3C(=O)CCCOc2cc3c(cc2OC)C(=O)N2Cc4ccccc4C[C@H]2C=N3)ccc1NC(=O)[C@H](C)NC(=O)[C@@H](C(C)C)C(COCCOCCOCCOCCOCCOCCOCCOCCC(N)=O)NC(=O)CCN1C(=O)C=CC1=O. The Labute approximate surface area is 622 Å². The number of primary amides is 1. The molecule has 5 N–H and O–H groups in total. The summed E-state index contributed by atoms with van der Waals surface area (Å²) < 4.78 is 68.8. The Hall–Kier alpha value is -9.10. The number of imide groups is 1. The zero-order valence-electron chi connectivity index (χ0n) is 60.8. The van der Waals surface area contributed by atoms with Gasteiger partial charge in [-0.3, -0.25) is 48.2 Å². The normalized spacial score (nSPS) is 15.9. The van der Waals surface area contributed by atoms with Crippen LogP contribution in [0.25, 0.3) is 10.8 Å². The summed E-state index contributed by atoms with van der Waals surface area (Å²) in [4.78, 5) is 115. The summed E-state index contributed by atoms with van der Waals surface area (Å²) in [7, 11) is 2.99. The van der Waals surface area contributed by atoms with E-state index < -0.39 is 53.4 Å². The third kappa shape index (κ3) is 23.0. The third-order valence-electron chi connectivity index (χ3n) is 18.2. The first-order valence-corrected chi connectivity index (χ1v) is 36.3. The minimum atomic E-state index is -1.09. The number of benzene rings is 5. The van der Waals surface area contributed by atoms with E-state index in [-0.39, 0.29) is 108 Å². The number of amides is 8. The maximum Gasteiger partial charge on any atom is 0.257 e. The molecule has 29 heteroatoms. The van der Waals surface area contributed by atoms with Crippen LogP contribution in [-0.2, 0) is 91.0 Å². The van der Waals surface area contributed by atoms with Gasteiger partial charge in [-0.15, -0.1) is 11.6 Å². The fourth-order valence-electron chi connectivity index (χ4n) is 12.7. The van der Waals surface area contributed by atoms with Crippen molar-refractivity contribution in [1.82, 2.24) is 20.4 Å². The molecule has 0 aromatic heterocycles. The summed E-state index contributed by atoms with van der Waals surface area (Å²) in [5, 5.41) is 10.3. The van der Waals surface area contributed by atoms with E-state index in [1.54, 1.807) is 49.1 Å². The van der Waals surface area contributed by atoms with Gasteiger partial charge >= 0.3 is 0 Å². The molecule has 4 aliphatic rings. The van der Waals surface area contributed by atoms with Crippen molar-refractivity contribution in [2.24, 2.45) is 22.6 Å². The number of nitrogens with zero attached hydrogens (tertiary/aromatic N) is 4. The number of hydrogen-bond donors (Lipinski definition) is 4. The molecule has 9 rings (SSSR count). The molecular weight excluding hydrogens is 1390 g/mol. The predicted octanol–water partition coefficient (Wildman–Crippen LogP) is 6.77. The second kappa shape index (κ2) is 41.7. The lowest BCUT2D eigenvalue weighted by Gasteiger charge is -2.34. The van der Waals surface area contributed by atoms with E-state index in [0.29, 0.717) is 150 Å². The molecule has 4 aliphatic heterocycles. The number of anilines is 2. The van der Waals surface area contributed by atoms with E-state index in [1.807, 2.05) is 59.6 Å². The van der Waals surface area contributed by atoms with Gasteiger partial charge in [-0.05, 0) is 71.5 Å². The number of carbonyl (C=O) groups is 8. The summed E-state index contributed by atoms with van der Waals surface area (Å²) in [5.41, 5.74) is 11.0. The average Bonchev–Trinajstić information content (AvgIpc) is 1.57. The molecule has 4 heterocycles. The van der Waals surface area contributed by atoms with Crippen LogP contribution in [0.1, 0.15) is 85.0 Å². The van der Waals surface area contributed by atoms with Crippen molar-refractivity contribution in [2.75, 3.05) is 156 Å². The first kappa shape index (κ1) is 81.0. The van der Waals surface area contributed by atoms with Crippen LogP contribution in [0.5, 0.6) is 23.0 Å². The highest BCUT2D eigenvalue weighted by Crippen LogP contribution is 2.46. The highest BCUT2D eigenvalue weighted by atomic mass is 35.5. The Bertz CT molecular complexity index is 3880. The smallest absolute Gasteiger partial charge is 0.257 e. The lowest BCUT2D eigenvalue weighted by atomic mass is 9.87. The number of alkyl halides is 1. The zero-order chi connectivity index (χ0) is 75.3. The molecule has 0 spiro atoms. The van der Waals surface area contributed by atoms with Gasteiger partial charge in [0.25, 0.3) is 17.7 Å². The highest BCUT2D eigenvalue weighted by Gasteiger charge is 2.38. The van der Waals surface area contributed by atoms with Gasteiger partial charge < -0.3 is 88.3 Å². The van der Waals surface area contributed by atoms with E-state index in [1.165, 1.54) is 26.7 Å². The van der Waals surface area contributed by atoms with Gasteiger partial charge in [0.1, 0.15) is 24.1 Å². The zero-order valence-corrected chi connectivity index (χ0v) is 61.5. The van der Waals surface area contributed by atoms with Gasteiger partial charge in [-0.25, -0.2) is 0 Å². The van der Waals surface area contributed by atoms with Crippen molar-refractivity contribution in [3.8, 4) is 23.0 Å². The Balaban J connectivity index is 0.727. The third-order valence-corrected chi connectivity index (χ3v) is 18.6. The van der Waals surface area contributed by atoms with Crippen LogP contribution in [0, 0.1) is 11.8 Å². The van der Waals surface area contributed by atoms with Crippen molar-refractivity contribution >= 4 is 92.9 Å². The molecule has 0 saturated carbocycles. The van der Waals surface area contributed by atoms with Gasteiger partial charge in [-0.2, -0.15) is 0 Å². The van der Waals surface area contributed by atoms with Gasteiger partial charge in [0.15, 0.2) is 11.5 Å². The average molecular weight is 1490 g/mol. The Morgan fingerprint density at radius 2 is 1.23 bits per heavy atom. The van der Waals surface area contributed by atoms with Gasteiger partial charge in [-0.1, -0.05) is 68.4 Å². The quantitative estimate of drug-likeness (QED) is 0.0177. The van der Waals surface area contributed by atoms with Crippen molar-refractivity contribution in [3.05, 3.63) is 125 Å². The van der Waals surface area contributed by atoms with E-state index >= 15 is 0 Å². The number of carbonyl (C=O) groups excluding carboxylic acids is 8. The molecular formula is C77H97ClN8O20. The van der Waals surface area contributed by atoms with Crippen molar-refractivity contribution in [1.29, 1.82) is 0 Å². The molecule has 5 aromatic rings. The summed E-state index contributed by atoms with van der Waals surface area (Å²) >= 11 is 6.66. The van der Waals surface area contributed by atoms with Crippen LogP contribution in [0.3, 0.4) is 0 Å². The first-order chi connectivity index (χ1) is 51.5. The summed E-state index contributed by atoms with van der Waals surface area (Å²) in [6, 6.07) is 24.2. The number of nitrogens with two attached hydrogens (primary N) is 1.